The maximum Gasteiger partial charge on any atom is 0.258 e. The second-order valence-electron chi connectivity index (χ2n) is 4.26. The van der Waals surface area contributed by atoms with Crippen LogP contribution in [0.25, 0.3) is 0 Å². The molecular weight excluding hydrogens is 275 g/mol. The molecule has 2 aromatic rings. The first-order valence-corrected chi connectivity index (χ1v) is 6.13. The van der Waals surface area contributed by atoms with Crippen LogP contribution in [-0.4, -0.2) is 20.1 Å². The number of nitrogens with two attached hydrogens (primary N) is 1. The number of rotatable bonds is 4. The fourth-order valence-electron chi connectivity index (χ4n) is 1.82. The van der Waals surface area contributed by atoms with Crippen molar-refractivity contribution in [1.29, 1.82) is 0 Å². The Morgan fingerprint density at radius 1 is 1.14 bits per heavy atom. The van der Waals surface area contributed by atoms with Gasteiger partial charge in [-0.3, -0.25) is 4.79 Å². The normalized spacial score (nSPS) is 10.0. The summed E-state index contributed by atoms with van der Waals surface area (Å²) in [6.45, 7) is 0. The number of methoxy groups -OCH3 is 2. The van der Waals surface area contributed by atoms with E-state index >= 15 is 0 Å². The lowest BCUT2D eigenvalue weighted by Gasteiger charge is -2.12. The number of halogens is 1. The van der Waals surface area contributed by atoms with Crippen LogP contribution in [0.5, 0.6) is 11.5 Å². The van der Waals surface area contributed by atoms with Crippen molar-refractivity contribution in [1.82, 2.24) is 0 Å². The fraction of sp³-hybridized carbons (Fsp3) is 0.133. The second kappa shape index (κ2) is 6.13. The Labute approximate surface area is 121 Å². The van der Waals surface area contributed by atoms with E-state index in [1.807, 2.05) is 0 Å². The molecule has 0 fully saturated rings. The van der Waals surface area contributed by atoms with Gasteiger partial charge in [0.15, 0.2) is 0 Å². The number of carbonyl (C=O) groups is 1. The molecule has 0 radical (unpaired) electrons. The maximum absolute atomic E-state index is 13.7. The van der Waals surface area contributed by atoms with Crippen LogP contribution in [0.2, 0.25) is 0 Å². The maximum atomic E-state index is 13.7. The Morgan fingerprint density at radius 3 is 2.52 bits per heavy atom. The molecule has 21 heavy (non-hydrogen) atoms. The molecule has 6 heteroatoms. The molecule has 2 rings (SSSR count). The van der Waals surface area contributed by atoms with Crippen LogP contribution in [0.3, 0.4) is 0 Å². The van der Waals surface area contributed by atoms with Crippen LogP contribution in [-0.2, 0) is 0 Å². The van der Waals surface area contributed by atoms with Crippen LogP contribution in [0.15, 0.2) is 36.4 Å². The van der Waals surface area contributed by atoms with Crippen LogP contribution in [0.4, 0.5) is 15.8 Å². The highest BCUT2D eigenvalue weighted by molar-refractivity contribution is 6.05. The minimum absolute atomic E-state index is 0.103. The van der Waals surface area contributed by atoms with Crippen molar-refractivity contribution >= 4 is 17.3 Å². The Bertz CT molecular complexity index is 674. The first-order valence-electron chi connectivity index (χ1n) is 6.13. The van der Waals surface area contributed by atoms with E-state index in [9.17, 15) is 9.18 Å². The van der Waals surface area contributed by atoms with Gasteiger partial charge in [0.25, 0.3) is 5.91 Å². The van der Waals surface area contributed by atoms with Crippen molar-refractivity contribution in [2.24, 2.45) is 0 Å². The van der Waals surface area contributed by atoms with E-state index in [2.05, 4.69) is 5.32 Å². The first-order chi connectivity index (χ1) is 10.0. The number of hydrogen-bond acceptors (Lipinski definition) is 4. The third-order valence-electron chi connectivity index (χ3n) is 2.89. The summed E-state index contributed by atoms with van der Waals surface area (Å²) in [6.07, 6.45) is 0. The van der Waals surface area contributed by atoms with E-state index in [0.29, 0.717) is 17.2 Å². The zero-order chi connectivity index (χ0) is 15.4. The Balaban J connectivity index is 2.30. The topological polar surface area (TPSA) is 73.6 Å². The predicted molar refractivity (Wildman–Crippen MR) is 78.3 cm³/mol. The van der Waals surface area contributed by atoms with Crippen molar-refractivity contribution in [3.63, 3.8) is 0 Å². The predicted octanol–water partition coefficient (Wildman–Crippen LogP) is 2.68. The molecule has 0 saturated heterocycles. The van der Waals surface area contributed by atoms with Gasteiger partial charge in [-0.1, -0.05) is 0 Å². The third kappa shape index (κ3) is 3.22. The number of benzene rings is 2. The molecule has 2 aromatic carbocycles. The standard InChI is InChI=1S/C15H15FN2O3/c1-20-10-4-6-14(21-2)13(8-10)18-15(19)11-5-3-9(17)7-12(11)16/h3-8H,17H2,1-2H3,(H,18,19). The molecule has 0 aromatic heterocycles. The molecule has 1 amide bonds. The average Bonchev–Trinajstić information content (AvgIpc) is 2.46. The number of nitrogen functional groups attached to an aromatic ring is 1. The molecule has 0 saturated carbocycles. The van der Waals surface area contributed by atoms with E-state index in [-0.39, 0.29) is 11.3 Å². The van der Waals surface area contributed by atoms with E-state index in [1.165, 1.54) is 26.4 Å². The summed E-state index contributed by atoms with van der Waals surface area (Å²) in [6, 6.07) is 8.81. The minimum Gasteiger partial charge on any atom is -0.497 e. The molecule has 0 aliphatic rings. The summed E-state index contributed by atoms with van der Waals surface area (Å²) in [5.41, 5.74) is 5.99. The Morgan fingerprint density at radius 2 is 1.90 bits per heavy atom. The van der Waals surface area contributed by atoms with Gasteiger partial charge in [0.1, 0.15) is 17.3 Å². The number of anilines is 2. The van der Waals surface area contributed by atoms with E-state index in [4.69, 9.17) is 15.2 Å². The number of hydrogen-bond donors (Lipinski definition) is 2. The minimum atomic E-state index is -0.686. The summed E-state index contributed by atoms with van der Waals surface area (Å²) < 4.78 is 24.0. The van der Waals surface area contributed by atoms with Gasteiger partial charge in [-0.2, -0.15) is 0 Å². The summed E-state index contributed by atoms with van der Waals surface area (Å²) in [5, 5.41) is 2.59. The van der Waals surface area contributed by atoms with Crippen LogP contribution >= 0.6 is 0 Å². The molecule has 0 bridgehead atoms. The van der Waals surface area contributed by atoms with E-state index in [0.717, 1.165) is 6.07 Å². The van der Waals surface area contributed by atoms with Gasteiger partial charge in [0, 0.05) is 11.8 Å². The lowest BCUT2D eigenvalue weighted by atomic mass is 10.1. The monoisotopic (exact) mass is 290 g/mol. The van der Waals surface area contributed by atoms with Crippen molar-refractivity contribution < 1.29 is 18.7 Å². The highest BCUT2D eigenvalue weighted by atomic mass is 19.1. The average molecular weight is 290 g/mol. The molecule has 3 N–H and O–H groups in total. The zero-order valence-electron chi connectivity index (χ0n) is 11.6. The second-order valence-corrected chi connectivity index (χ2v) is 4.26. The lowest BCUT2D eigenvalue weighted by molar-refractivity contribution is 0.102. The summed E-state index contributed by atoms with van der Waals surface area (Å²) in [7, 11) is 2.98. The van der Waals surface area contributed by atoms with Crippen molar-refractivity contribution in [3.8, 4) is 11.5 Å². The highest BCUT2D eigenvalue weighted by Crippen LogP contribution is 2.29. The van der Waals surface area contributed by atoms with Crippen molar-refractivity contribution in [3.05, 3.63) is 47.8 Å². The van der Waals surface area contributed by atoms with Crippen LogP contribution in [0, 0.1) is 5.82 Å². The van der Waals surface area contributed by atoms with Crippen molar-refractivity contribution in [2.75, 3.05) is 25.3 Å². The molecule has 0 aliphatic carbocycles. The summed E-state index contributed by atoms with van der Waals surface area (Å²) in [5.74, 6) is -0.294. The molecular formula is C15H15FN2O3. The van der Waals surface area contributed by atoms with Crippen LogP contribution in [0.1, 0.15) is 10.4 Å². The van der Waals surface area contributed by atoms with Gasteiger partial charge in [-0.05, 0) is 30.3 Å². The molecule has 110 valence electrons. The van der Waals surface area contributed by atoms with E-state index < -0.39 is 11.7 Å². The number of ether oxygens (including phenoxy) is 2. The number of carbonyl (C=O) groups excluding carboxylic acids is 1. The Hall–Kier alpha value is -2.76. The van der Waals surface area contributed by atoms with Gasteiger partial charge < -0.3 is 20.5 Å². The van der Waals surface area contributed by atoms with Crippen LogP contribution < -0.4 is 20.5 Å². The third-order valence-corrected chi connectivity index (χ3v) is 2.89. The smallest absolute Gasteiger partial charge is 0.258 e. The fourth-order valence-corrected chi connectivity index (χ4v) is 1.82. The number of nitrogens with one attached hydrogen (secondary N) is 1. The van der Waals surface area contributed by atoms with Gasteiger partial charge in [-0.25, -0.2) is 4.39 Å². The SMILES string of the molecule is COc1ccc(OC)c(NC(=O)c2ccc(N)cc2F)c1. The molecule has 0 aliphatic heterocycles. The molecule has 0 atom stereocenters. The van der Waals surface area contributed by atoms with Crippen molar-refractivity contribution in [2.45, 2.75) is 0 Å². The van der Waals surface area contributed by atoms with Gasteiger partial charge >= 0.3 is 0 Å². The van der Waals surface area contributed by atoms with Gasteiger partial charge in [-0.15, -0.1) is 0 Å². The van der Waals surface area contributed by atoms with Gasteiger partial charge in [0.2, 0.25) is 0 Å². The summed E-state index contributed by atoms with van der Waals surface area (Å²) >= 11 is 0. The first kappa shape index (κ1) is 14.6. The lowest BCUT2D eigenvalue weighted by Crippen LogP contribution is -2.14. The Kier molecular flexibility index (Phi) is 4.27. The highest BCUT2D eigenvalue weighted by Gasteiger charge is 2.14. The molecule has 0 unspecified atom stereocenters. The zero-order valence-corrected chi connectivity index (χ0v) is 11.6. The molecule has 0 spiro atoms. The van der Waals surface area contributed by atoms with Gasteiger partial charge in [0.05, 0.1) is 25.5 Å². The largest absolute Gasteiger partial charge is 0.497 e. The summed E-state index contributed by atoms with van der Waals surface area (Å²) in [4.78, 5) is 12.1. The van der Waals surface area contributed by atoms with E-state index in [1.54, 1.807) is 18.2 Å². The molecule has 5 nitrogen and oxygen atoms in total. The number of amides is 1. The quantitative estimate of drug-likeness (QED) is 0.849. The molecule has 0 heterocycles.